The van der Waals surface area contributed by atoms with Crippen molar-refractivity contribution in [3.8, 4) is 11.5 Å². The molecule has 5 nitrogen and oxygen atoms in total. The van der Waals surface area contributed by atoms with Crippen LogP contribution in [0.25, 0.3) is 11.5 Å². The van der Waals surface area contributed by atoms with E-state index in [2.05, 4.69) is 15.5 Å². The van der Waals surface area contributed by atoms with Crippen LogP contribution in [0.5, 0.6) is 0 Å². The van der Waals surface area contributed by atoms with Crippen molar-refractivity contribution < 1.29 is 9.21 Å². The zero-order chi connectivity index (χ0) is 17.8. The van der Waals surface area contributed by atoms with E-state index in [1.807, 2.05) is 63.2 Å². The van der Waals surface area contributed by atoms with Crippen LogP contribution < -0.4 is 5.32 Å². The molecule has 1 aromatic heterocycles. The predicted octanol–water partition coefficient (Wildman–Crippen LogP) is 4.39. The number of carbonyl (C=O) groups excluding carboxylic acids is 1. The molecule has 1 amide bonds. The van der Waals surface area contributed by atoms with Gasteiger partial charge >= 0.3 is 0 Å². The summed E-state index contributed by atoms with van der Waals surface area (Å²) in [6, 6.07) is 13.8. The average molecular weight is 353 g/mol. The zero-order valence-corrected chi connectivity index (χ0v) is 15.2. The Kier molecular flexibility index (Phi) is 5.19. The Morgan fingerprint density at radius 1 is 1.04 bits per heavy atom. The average Bonchev–Trinajstić information content (AvgIpc) is 3.06. The number of hydrogen-bond donors (Lipinski definition) is 1. The molecule has 0 atom stereocenters. The first-order chi connectivity index (χ1) is 12.0. The molecule has 128 valence electrons. The van der Waals surface area contributed by atoms with Gasteiger partial charge in [-0.15, -0.1) is 10.2 Å². The Labute approximate surface area is 150 Å². The maximum atomic E-state index is 12.1. The van der Waals surface area contributed by atoms with Crippen LogP contribution in [-0.2, 0) is 4.79 Å². The van der Waals surface area contributed by atoms with Crippen LogP contribution in [-0.4, -0.2) is 21.9 Å². The SMILES string of the molecule is Cc1ccc(-c2nnc(SCC(=O)Nc3cc(C)ccc3C)o2)cc1. The lowest BCUT2D eigenvalue weighted by Crippen LogP contribution is -2.14. The van der Waals surface area contributed by atoms with E-state index in [4.69, 9.17) is 4.42 Å². The quantitative estimate of drug-likeness (QED) is 0.689. The van der Waals surface area contributed by atoms with Gasteiger partial charge in [-0.1, -0.05) is 41.6 Å². The summed E-state index contributed by atoms with van der Waals surface area (Å²) in [4.78, 5) is 12.1. The number of thioether (sulfide) groups is 1. The summed E-state index contributed by atoms with van der Waals surface area (Å²) in [6.07, 6.45) is 0. The Morgan fingerprint density at radius 2 is 1.76 bits per heavy atom. The highest BCUT2D eigenvalue weighted by atomic mass is 32.2. The second kappa shape index (κ2) is 7.53. The minimum atomic E-state index is -0.103. The molecular formula is C19H19N3O2S. The molecule has 1 heterocycles. The molecule has 0 saturated heterocycles. The van der Waals surface area contributed by atoms with Crippen molar-refractivity contribution in [3.05, 3.63) is 59.2 Å². The maximum Gasteiger partial charge on any atom is 0.277 e. The van der Waals surface area contributed by atoms with E-state index in [-0.39, 0.29) is 11.7 Å². The molecule has 0 aliphatic carbocycles. The van der Waals surface area contributed by atoms with Gasteiger partial charge in [0.25, 0.3) is 5.22 Å². The standard InChI is InChI=1S/C19H19N3O2S/c1-12-5-8-15(9-6-12)18-21-22-19(24-18)25-11-17(23)20-16-10-13(2)4-7-14(16)3/h4-10H,11H2,1-3H3,(H,20,23). The van der Waals surface area contributed by atoms with Crippen molar-refractivity contribution >= 4 is 23.4 Å². The summed E-state index contributed by atoms with van der Waals surface area (Å²) in [5.41, 5.74) is 5.00. The van der Waals surface area contributed by atoms with Crippen LogP contribution in [0.3, 0.4) is 0 Å². The third kappa shape index (κ3) is 4.48. The first-order valence-corrected chi connectivity index (χ1v) is 8.90. The van der Waals surface area contributed by atoms with Crippen LogP contribution in [0.1, 0.15) is 16.7 Å². The molecule has 0 bridgehead atoms. The van der Waals surface area contributed by atoms with Crippen molar-refractivity contribution in [3.63, 3.8) is 0 Å². The molecule has 6 heteroatoms. The lowest BCUT2D eigenvalue weighted by atomic mass is 10.1. The van der Waals surface area contributed by atoms with Crippen LogP contribution in [0.2, 0.25) is 0 Å². The molecule has 25 heavy (non-hydrogen) atoms. The second-order valence-electron chi connectivity index (χ2n) is 5.89. The van der Waals surface area contributed by atoms with Gasteiger partial charge in [-0.25, -0.2) is 0 Å². The maximum absolute atomic E-state index is 12.1. The van der Waals surface area contributed by atoms with Crippen molar-refractivity contribution in [1.29, 1.82) is 0 Å². The highest BCUT2D eigenvalue weighted by Gasteiger charge is 2.12. The number of amides is 1. The van der Waals surface area contributed by atoms with E-state index in [1.165, 1.54) is 17.3 Å². The van der Waals surface area contributed by atoms with Gasteiger partial charge in [0.05, 0.1) is 5.75 Å². The predicted molar refractivity (Wildman–Crippen MR) is 99.7 cm³/mol. The lowest BCUT2D eigenvalue weighted by Gasteiger charge is -2.08. The molecule has 0 radical (unpaired) electrons. The molecule has 0 saturated carbocycles. The Morgan fingerprint density at radius 3 is 2.52 bits per heavy atom. The molecule has 1 N–H and O–H groups in total. The van der Waals surface area contributed by atoms with E-state index in [9.17, 15) is 4.79 Å². The summed E-state index contributed by atoms with van der Waals surface area (Å²) in [7, 11) is 0. The van der Waals surface area contributed by atoms with E-state index < -0.39 is 0 Å². The Balaban J connectivity index is 1.59. The molecule has 2 aromatic carbocycles. The topological polar surface area (TPSA) is 68.0 Å². The van der Waals surface area contributed by atoms with Crippen LogP contribution >= 0.6 is 11.8 Å². The Bertz CT molecular complexity index is 888. The van der Waals surface area contributed by atoms with E-state index in [0.29, 0.717) is 11.1 Å². The number of benzene rings is 2. The fraction of sp³-hybridized carbons (Fsp3) is 0.211. The van der Waals surface area contributed by atoms with Gasteiger partial charge in [0, 0.05) is 11.3 Å². The third-order valence-corrected chi connectivity index (χ3v) is 4.52. The first kappa shape index (κ1) is 17.2. The van der Waals surface area contributed by atoms with Gasteiger partial charge in [0.15, 0.2) is 0 Å². The van der Waals surface area contributed by atoms with Crippen molar-refractivity contribution in [2.24, 2.45) is 0 Å². The fourth-order valence-electron chi connectivity index (χ4n) is 2.26. The van der Waals surface area contributed by atoms with Gasteiger partial charge in [-0.3, -0.25) is 4.79 Å². The second-order valence-corrected chi connectivity index (χ2v) is 6.82. The summed E-state index contributed by atoms with van der Waals surface area (Å²) >= 11 is 1.22. The molecule has 0 fully saturated rings. The van der Waals surface area contributed by atoms with E-state index >= 15 is 0 Å². The normalized spacial score (nSPS) is 10.7. The fourth-order valence-corrected chi connectivity index (χ4v) is 2.83. The number of rotatable bonds is 5. The zero-order valence-electron chi connectivity index (χ0n) is 14.4. The lowest BCUT2D eigenvalue weighted by molar-refractivity contribution is -0.113. The monoisotopic (exact) mass is 353 g/mol. The third-order valence-electron chi connectivity index (χ3n) is 3.70. The summed E-state index contributed by atoms with van der Waals surface area (Å²) in [5.74, 6) is 0.564. The molecular weight excluding hydrogens is 334 g/mol. The van der Waals surface area contributed by atoms with Crippen LogP contribution in [0.4, 0.5) is 5.69 Å². The first-order valence-electron chi connectivity index (χ1n) is 7.92. The van der Waals surface area contributed by atoms with Gasteiger partial charge in [0.2, 0.25) is 11.8 Å². The number of anilines is 1. The molecule has 0 aliphatic rings. The van der Waals surface area contributed by atoms with Crippen molar-refractivity contribution in [1.82, 2.24) is 10.2 Å². The van der Waals surface area contributed by atoms with Crippen LogP contribution in [0.15, 0.2) is 52.1 Å². The molecule has 3 aromatic rings. The minimum Gasteiger partial charge on any atom is -0.411 e. The van der Waals surface area contributed by atoms with Crippen LogP contribution in [0, 0.1) is 20.8 Å². The number of hydrogen-bond acceptors (Lipinski definition) is 5. The number of carbonyl (C=O) groups is 1. The van der Waals surface area contributed by atoms with Gasteiger partial charge in [-0.05, 0) is 50.1 Å². The summed E-state index contributed by atoms with van der Waals surface area (Å²) < 4.78 is 5.61. The summed E-state index contributed by atoms with van der Waals surface area (Å²) in [6.45, 7) is 5.98. The molecule has 0 spiro atoms. The van der Waals surface area contributed by atoms with Crippen molar-refractivity contribution in [2.45, 2.75) is 26.0 Å². The molecule has 0 unspecified atom stereocenters. The van der Waals surface area contributed by atoms with E-state index in [1.54, 1.807) is 0 Å². The number of nitrogens with zero attached hydrogens (tertiary/aromatic N) is 2. The Hall–Kier alpha value is -2.60. The largest absolute Gasteiger partial charge is 0.411 e. The number of aromatic nitrogens is 2. The van der Waals surface area contributed by atoms with Crippen molar-refractivity contribution in [2.75, 3.05) is 11.1 Å². The highest BCUT2D eigenvalue weighted by molar-refractivity contribution is 7.99. The number of aryl methyl sites for hydroxylation is 3. The molecule has 0 aliphatic heterocycles. The molecule has 3 rings (SSSR count). The van der Waals surface area contributed by atoms with Gasteiger partial charge < -0.3 is 9.73 Å². The highest BCUT2D eigenvalue weighted by Crippen LogP contribution is 2.24. The smallest absolute Gasteiger partial charge is 0.277 e. The van der Waals surface area contributed by atoms with Gasteiger partial charge in [-0.2, -0.15) is 0 Å². The summed E-state index contributed by atoms with van der Waals surface area (Å²) in [5, 5.41) is 11.3. The van der Waals surface area contributed by atoms with E-state index in [0.717, 1.165) is 22.4 Å². The number of nitrogens with one attached hydrogen (secondary N) is 1. The minimum absolute atomic E-state index is 0.103. The van der Waals surface area contributed by atoms with Gasteiger partial charge in [0.1, 0.15) is 0 Å².